The van der Waals surface area contributed by atoms with Crippen LogP contribution >= 0.6 is 24.2 Å². The minimum Gasteiger partial charge on any atom is -0.496 e. The van der Waals surface area contributed by atoms with Crippen molar-refractivity contribution in [3.63, 3.8) is 0 Å². The van der Waals surface area contributed by atoms with Crippen LogP contribution in [0.2, 0.25) is 0 Å². The molecule has 0 aliphatic carbocycles. The van der Waals surface area contributed by atoms with E-state index in [4.69, 9.17) is 15.2 Å². The monoisotopic (exact) mass is 342 g/mol. The number of para-hydroxylation sites is 1. The summed E-state index contributed by atoms with van der Waals surface area (Å²) < 4.78 is 10.5. The van der Waals surface area contributed by atoms with Gasteiger partial charge in [-0.3, -0.25) is 4.99 Å². The molecule has 0 aromatic heterocycles. The first-order chi connectivity index (χ1) is 10.1. The maximum Gasteiger partial charge on any atom is 0.341 e. The van der Waals surface area contributed by atoms with E-state index in [1.807, 2.05) is 24.3 Å². The zero-order valence-corrected chi connectivity index (χ0v) is 14.3. The summed E-state index contributed by atoms with van der Waals surface area (Å²) in [5.74, 6) is 0.294. The lowest BCUT2D eigenvalue weighted by Gasteiger charge is -2.22. The molecule has 0 amide bonds. The molecule has 7 heteroatoms. The van der Waals surface area contributed by atoms with Crippen molar-refractivity contribution in [3.05, 3.63) is 35.4 Å². The second-order valence-corrected chi connectivity index (χ2v) is 5.47. The highest BCUT2D eigenvalue weighted by Crippen LogP contribution is 2.41. The lowest BCUT2D eigenvalue weighted by Crippen LogP contribution is -2.25. The van der Waals surface area contributed by atoms with Crippen molar-refractivity contribution >= 4 is 40.8 Å². The molecule has 22 heavy (non-hydrogen) atoms. The molecule has 1 aromatic rings. The largest absolute Gasteiger partial charge is 0.496 e. The van der Waals surface area contributed by atoms with Gasteiger partial charge >= 0.3 is 5.97 Å². The van der Waals surface area contributed by atoms with E-state index in [2.05, 4.69) is 4.99 Å². The van der Waals surface area contributed by atoms with E-state index in [1.165, 1.54) is 11.8 Å². The maximum atomic E-state index is 12.2. The zero-order chi connectivity index (χ0) is 15.4. The van der Waals surface area contributed by atoms with Gasteiger partial charge in [0, 0.05) is 10.5 Å². The van der Waals surface area contributed by atoms with Crippen molar-refractivity contribution < 1.29 is 14.3 Å². The molecule has 0 saturated heterocycles. The van der Waals surface area contributed by atoms with Crippen LogP contribution in [0.25, 0.3) is 4.91 Å². The number of hydrogen-bond acceptors (Lipinski definition) is 6. The molecule has 1 unspecified atom stereocenters. The van der Waals surface area contributed by atoms with E-state index in [0.717, 1.165) is 10.5 Å². The zero-order valence-electron chi connectivity index (χ0n) is 12.7. The molecule has 2 N–H and O–H groups in total. The highest BCUT2D eigenvalue weighted by molar-refractivity contribution is 8.09. The van der Waals surface area contributed by atoms with E-state index in [0.29, 0.717) is 23.6 Å². The minimum absolute atomic E-state index is 0. The topological polar surface area (TPSA) is 73.9 Å². The summed E-state index contributed by atoms with van der Waals surface area (Å²) >= 11 is 1.32. The Bertz CT molecular complexity index is 617. The summed E-state index contributed by atoms with van der Waals surface area (Å²) in [6, 6.07) is 7.51. The van der Waals surface area contributed by atoms with Crippen LogP contribution in [0.5, 0.6) is 5.75 Å². The predicted molar refractivity (Wildman–Crippen MR) is 92.5 cm³/mol. The Morgan fingerprint density at radius 1 is 1.41 bits per heavy atom. The summed E-state index contributed by atoms with van der Waals surface area (Å²) in [5.41, 5.74) is 7.34. The SMILES string of the molecule is CCOC(=O)C1=C(c2ccccc2OC)SC(N)N=C1C.Cl. The number of halogens is 1. The van der Waals surface area contributed by atoms with E-state index >= 15 is 0 Å². The molecule has 120 valence electrons. The summed E-state index contributed by atoms with van der Waals surface area (Å²) in [6.45, 7) is 3.85. The Hall–Kier alpha value is -1.50. The van der Waals surface area contributed by atoms with E-state index < -0.39 is 5.50 Å². The number of esters is 1. The molecule has 1 aromatic carbocycles. The number of aliphatic imine (C=N–C) groups is 1. The van der Waals surface area contributed by atoms with Crippen LogP contribution in [0.1, 0.15) is 19.4 Å². The number of nitrogens with zero attached hydrogens (tertiary/aromatic N) is 1. The molecular weight excluding hydrogens is 324 g/mol. The molecule has 2 rings (SSSR count). The number of thioether (sulfide) groups is 1. The third-order valence-electron chi connectivity index (χ3n) is 2.98. The Morgan fingerprint density at radius 2 is 2.09 bits per heavy atom. The van der Waals surface area contributed by atoms with Crippen LogP contribution in [0.4, 0.5) is 0 Å². The smallest absolute Gasteiger partial charge is 0.341 e. The van der Waals surface area contributed by atoms with Crippen LogP contribution in [0.15, 0.2) is 34.8 Å². The molecule has 1 aliphatic heterocycles. The second-order valence-electron chi connectivity index (χ2n) is 4.35. The third-order valence-corrected chi connectivity index (χ3v) is 3.99. The van der Waals surface area contributed by atoms with Crippen LogP contribution in [-0.4, -0.2) is 30.9 Å². The number of methoxy groups -OCH3 is 1. The molecule has 1 aliphatic rings. The normalized spacial score (nSPS) is 17.5. The van der Waals surface area contributed by atoms with Gasteiger partial charge < -0.3 is 15.2 Å². The van der Waals surface area contributed by atoms with Crippen molar-refractivity contribution in [2.45, 2.75) is 19.3 Å². The molecule has 0 radical (unpaired) electrons. The first-order valence-electron chi connectivity index (χ1n) is 6.60. The number of hydrogen-bond donors (Lipinski definition) is 1. The van der Waals surface area contributed by atoms with Gasteiger partial charge in [-0.1, -0.05) is 30.0 Å². The van der Waals surface area contributed by atoms with E-state index in [9.17, 15) is 4.79 Å². The van der Waals surface area contributed by atoms with Gasteiger partial charge in [0.25, 0.3) is 0 Å². The fourth-order valence-corrected chi connectivity index (χ4v) is 3.20. The lowest BCUT2D eigenvalue weighted by molar-refractivity contribution is -0.137. The molecule has 5 nitrogen and oxygen atoms in total. The molecule has 1 atom stereocenters. The van der Waals surface area contributed by atoms with Gasteiger partial charge in [-0.2, -0.15) is 0 Å². The van der Waals surface area contributed by atoms with Crippen molar-refractivity contribution in [3.8, 4) is 5.75 Å². The van der Waals surface area contributed by atoms with Crippen molar-refractivity contribution in [2.24, 2.45) is 10.7 Å². The summed E-state index contributed by atoms with van der Waals surface area (Å²) in [6.07, 6.45) is 0. The van der Waals surface area contributed by atoms with Gasteiger partial charge in [-0.15, -0.1) is 12.4 Å². The van der Waals surface area contributed by atoms with Crippen molar-refractivity contribution in [2.75, 3.05) is 13.7 Å². The second kappa shape index (κ2) is 8.22. The number of carbonyl (C=O) groups is 1. The number of rotatable bonds is 4. The fraction of sp³-hybridized carbons (Fsp3) is 0.333. The fourth-order valence-electron chi connectivity index (χ4n) is 2.10. The molecule has 1 heterocycles. The van der Waals surface area contributed by atoms with Gasteiger partial charge in [0.05, 0.1) is 25.0 Å². The first-order valence-corrected chi connectivity index (χ1v) is 7.48. The van der Waals surface area contributed by atoms with Gasteiger partial charge in [0.2, 0.25) is 0 Å². The lowest BCUT2D eigenvalue weighted by atomic mass is 10.1. The standard InChI is InChI=1S/C15H18N2O3S.ClH/c1-4-20-14(18)12-9(2)17-15(16)21-13(12)10-7-5-6-8-11(10)19-3;/h5-8,15H,4,16H2,1-3H3;1H. The highest BCUT2D eigenvalue weighted by Gasteiger charge is 2.28. The van der Waals surface area contributed by atoms with Gasteiger partial charge in [-0.05, 0) is 19.9 Å². The minimum atomic E-state index is -0.442. The third kappa shape index (κ3) is 3.82. The molecule has 0 saturated carbocycles. The first kappa shape index (κ1) is 18.5. The Kier molecular flexibility index (Phi) is 6.93. The average Bonchev–Trinajstić information content (AvgIpc) is 2.46. The number of ether oxygens (including phenoxy) is 2. The molecule has 0 fully saturated rings. The Labute approximate surface area is 140 Å². The Morgan fingerprint density at radius 3 is 2.73 bits per heavy atom. The van der Waals surface area contributed by atoms with Gasteiger partial charge in [0.15, 0.2) is 0 Å². The molecule has 0 bridgehead atoms. The van der Waals surface area contributed by atoms with Crippen LogP contribution in [-0.2, 0) is 9.53 Å². The van der Waals surface area contributed by atoms with Crippen LogP contribution in [0.3, 0.4) is 0 Å². The molecule has 0 spiro atoms. The number of benzene rings is 1. The quantitative estimate of drug-likeness (QED) is 0.852. The van der Waals surface area contributed by atoms with Gasteiger partial charge in [-0.25, -0.2) is 4.79 Å². The van der Waals surface area contributed by atoms with E-state index in [-0.39, 0.29) is 18.4 Å². The maximum absolute atomic E-state index is 12.2. The molecular formula is C15H19ClN2O3S. The van der Waals surface area contributed by atoms with Crippen molar-refractivity contribution in [1.82, 2.24) is 0 Å². The summed E-state index contributed by atoms with van der Waals surface area (Å²) in [7, 11) is 1.60. The number of carbonyl (C=O) groups excluding carboxylic acids is 1. The number of nitrogens with two attached hydrogens (primary N) is 1. The highest BCUT2D eigenvalue weighted by atomic mass is 35.5. The average molecular weight is 343 g/mol. The Balaban J connectivity index is 0.00000242. The van der Waals surface area contributed by atoms with E-state index in [1.54, 1.807) is 21.0 Å². The predicted octanol–water partition coefficient (Wildman–Crippen LogP) is 2.84. The summed E-state index contributed by atoms with van der Waals surface area (Å²) in [5, 5.41) is 0. The summed E-state index contributed by atoms with van der Waals surface area (Å²) in [4.78, 5) is 17.2. The van der Waals surface area contributed by atoms with Crippen LogP contribution in [0, 0.1) is 0 Å². The van der Waals surface area contributed by atoms with Crippen LogP contribution < -0.4 is 10.5 Å². The van der Waals surface area contributed by atoms with Gasteiger partial charge in [0.1, 0.15) is 11.2 Å². The van der Waals surface area contributed by atoms with Crippen molar-refractivity contribution in [1.29, 1.82) is 0 Å².